The van der Waals surface area contributed by atoms with Crippen LogP contribution in [0.5, 0.6) is 0 Å². The Hall–Kier alpha value is -3.35. The molecule has 7 heteroatoms. The van der Waals surface area contributed by atoms with Gasteiger partial charge in [0.25, 0.3) is 0 Å². The summed E-state index contributed by atoms with van der Waals surface area (Å²) < 4.78 is 6.89. The third-order valence-electron chi connectivity index (χ3n) is 3.68. The lowest BCUT2D eigenvalue weighted by molar-refractivity contribution is -0.155. The van der Waals surface area contributed by atoms with Crippen molar-refractivity contribution in [3.05, 3.63) is 54.4 Å². The first kappa shape index (κ1) is 18.4. The monoisotopic (exact) mass is 364 g/mol. The summed E-state index contributed by atoms with van der Waals surface area (Å²) in [6.45, 7) is 5.34. The molecule has 0 amide bonds. The van der Waals surface area contributed by atoms with Crippen molar-refractivity contribution in [3.63, 3.8) is 0 Å². The van der Waals surface area contributed by atoms with E-state index < -0.39 is 11.6 Å². The summed E-state index contributed by atoms with van der Waals surface area (Å²) in [5.74, 6) is -0.415. The largest absolute Gasteiger partial charge is 0.459 e. The third-order valence-corrected chi connectivity index (χ3v) is 3.68. The van der Waals surface area contributed by atoms with E-state index in [9.17, 15) is 9.59 Å². The molecular formula is C20H20N4O3. The number of hydrogen-bond donors (Lipinski definition) is 0. The number of pyridine rings is 1. The summed E-state index contributed by atoms with van der Waals surface area (Å²) in [7, 11) is 0. The Bertz CT molecular complexity index is 959. The van der Waals surface area contributed by atoms with E-state index in [0.717, 1.165) is 17.4 Å². The summed E-state index contributed by atoms with van der Waals surface area (Å²) in [6, 6.07) is 10.7. The zero-order chi connectivity index (χ0) is 19.4. The van der Waals surface area contributed by atoms with Crippen LogP contribution in [0.4, 0.5) is 0 Å². The molecular weight excluding hydrogens is 344 g/mol. The van der Waals surface area contributed by atoms with Crippen molar-refractivity contribution < 1.29 is 14.3 Å². The SMILES string of the molecule is CC(C)(C)OC(=O)Cn1nnc(-c2ccncc2)c1-c1cccc(C=O)c1. The Labute approximate surface area is 157 Å². The number of nitrogens with zero attached hydrogens (tertiary/aromatic N) is 4. The Morgan fingerprint density at radius 3 is 2.56 bits per heavy atom. The molecule has 138 valence electrons. The van der Waals surface area contributed by atoms with Crippen molar-refractivity contribution in [2.24, 2.45) is 0 Å². The van der Waals surface area contributed by atoms with Gasteiger partial charge >= 0.3 is 5.97 Å². The fraction of sp³-hybridized carbons (Fsp3) is 0.250. The zero-order valence-corrected chi connectivity index (χ0v) is 15.4. The van der Waals surface area contributed by atoms with Crippen LogP contribution in [0.15, 0.2) is 48.8 Å². The number of carbonyl (C=O) groups is 2. The summed E-state index contributed by atoms with van der Waals surface area (Å²) in [6.07, 6.45) is 4.10. The molecule has 3 aromatic rings. The number of aromatic nitrogens is 4. The molecule has 2 aromatic heterocycles. The highest BCUT2D eigenvalue weighted by atomic mass is 16.6. The van der Waals surface area contributed by atoms with E-state index in [2.05, 4.69) is 15.3 Å². The highest BCUT2D eigenvalue weighted by Crippen LogP contribution is 2.30. The molecule has 2 heterocycles. The van der Waals surface area contributed by atoms with Crippen LogP contribution in [0.3, 0.4) is 0 Å². The van der Waals surface area contributed by atoms with Gasteiger partial charge in [0.15, 0.2) is 0 Å². The van der Waals surface area contributed by atoms with Crippen LogP contribution in [-0.2, 0) is 16.1 Å². The van der Waals surface area contributed by atoms with E-state index in [0.29, 0.717) is 17.0 Å². The van der Waals surface area contributed by atoms with Crippen LogP contribution in [0.2, 0.25) is 0 Å². The quantitative estimate of drug-likeness (QED) is 0.510. The number of aldehydes is 1. The molecule has 1 aromatic carbocycles. The van der Waals surface area contributed by atoms with E-state index in [1.165, 1.54) is 4.68 Å². The van der Waals surface area contributed by atoms with Crippen LogP contribution in [-0.4, -0.2) is 37.8 Å². The number of benzene rings is 1. The summed E-state index contributed by atoms with van der Waals surface area (Å²) in [5, 5.41) is 8.41. The number of ether oxygens (including phenoxy) is 1. The third kappa shape index (κ3) is 4.44. The molecule has 0 bridgehead atoms. The van der Waals surface area contributed by atoms with Crippen LogP contribution in [0.1, 0.15) is 31.1 Å². The van der Waals surface area contributed by atoms with Crippen LogP contribution in [0, 0.1) is 0 Å². The molecule has 0 radical (unpaired) electrons. The molecule has 0 spiro atoms. The zero-order valence-electron chi connectivity index (χ0n) is 15.4. The molecule has 0 saturated carbocycles. The normalized spacial score (nSPS) is 11.2. The van der Waals surface area contributed by atoms with Gasteiger partial charge in [0, 0.05) is 29.1 Å². The van der Waals surface area contributed by atoms with Crippen molar-refractivity contribution in [1.82, 2.24) is 20.0 Å². The summed E-state index contributed by atoms with van der Waals surface area (Å²) in [4.78, 5) is 27.5. The van der Waals surface area contributed by atoms with Crippen molar-refractivity contribution in [2.45, 2.75) is 32.9 Å². The van der Waals surface area contributed by atoms with E-state index in [-0.39, 0.29) is 6.54 Å². The number of carbonyl (C=O) groups excluding carboxylic acids is 2. The lowest BCUT2D eigenvalue weighted by Gasteiger charge is -2.19. The van der Waals surface area contributed by atoms with Gasteiger partial charge in [-0.15, -0.1) is 5.10 Å². The van der Waals surface area contributed by atoms with Crippen molar-refractivity contribution in [1.29, 1.82) is 0 Å². The molecule has 7 nitrogen and oxygen atoms in total. The number of rotatable bonds is 5. The first-order valence-electron chi connectivity index (χ1n) is 8.49. The number of esters is 1. The molecule has 27 heavy (non-hydrogen) atoms. The predicted octanol–water partition coefficient (Wildman–Crippen LogP) is 3.16. The number of hydrogen-bond acceptors (Lipinski definition) is 6. The van der Waals surface area contributed by atoms with E-state index in [4.69, 9.17) is 4.74 Å². The van der Waals surface area contributed by atoms with Crippen LogP contribution in [0.25, 0.3) is 22.5 Å². The molecule has 0 aliphatic heterocycles. The maximum absolute atomic E-state index is 12.3. The van der Waals surface area contributed by atoms with Gasteiger partial charge in [0.05, 0.1) is 5.69 Å². The van der Waals surface area contributed by atoms with Gasteiger partial charge in [-0.3, -0.25) is 14.6 Å². The minimum atomic E-state index is -0.594. The second-order valence-corrected chi connectivity index (χ2v) is 7.01. The smallest absolute Gasteiger partial charge is 0.328 e. The molecule has 3 rings (SSSR count). The topological polar surface area (TPSA) is 87.0 Å². The maximum atomic E-state index is 12.3. The molecule has 0 atom stereocenters. The van der Waals surface area contributed by atoms with Gasteiger partial charge in [-0.25, -0.2) is 4.68 Å². The van der Waals surface area contributed by atoms with Crippen molar-refractivity contribution >= 4 is 12.3 Å². The minimum Gasteiger partial charge on any atom is -0.459 e. The second-order valence-electron chi connectivity index (χ2n) is 7.01. The van der Waals surface area contributed by atoms with Crippen LogP contribution >= 0.6 is 0 Å². The van der Waals surface area contributed by atoms with Gasteiger partial charge in [0.2, 0.25) is 0 Å². The van der Waals surface area contributed by atoms with Crippen molar-refractivity contribution in [2.75, 3.05) is 0 Å². The van der Waals surface area contributed by atoms with Gasteiger partial charge in [0.1, 0.15) is 24.1 Å². The predicted molar refractivity (Wildman–Crippen MR) is 99.9 cm³/mol. The molecule has 0 aliphatic carbocycles. The fourth-order valence-corrected chi connectivity index (χ4v) is 2.67. The highest BCUT2D eigenvalue weighted by Gasteiger charge is 2.22. The molecule has 0 saturated heterocycles. The Kier molecular flexibility index (Phi) is 5.12. The first-order chi connectivity index (χ1) is 12.9. The lowest BCUT2D eigenvalue weighted by Crippen LogP contribution is -2.27. The molecule has 0 aliphatic rings. The van der Waals surface area contributed by atoms with E-state index in [1.54, 1.807) is 30.6 Å². The lowest BCUT2D eigenvalue weighted by atomic mass is 10.0. The highest BCUT2D eigenvalue weighted by molar-refractivity contribution is 5.83. The van der Waals surface area contributed by atoms with E-state index in [1.807, 2.05) is 39.0 Å². The standard InChI is InChI=1S/C20H20N4O3/c1-20(2,3)27-17(26)12-24-19(16-6-4-5-14(11-16)13-25)18(22-23-24)15-7-9-21-10-8-15/h4-11,13H,12H2,1-3H3. The second kappa shape index (κ2) is 7.49. The Morgan fingerprint density at radius 2 is 1.89 bits per heavy atom. The maximum Gasteiger partial charge on any atom is 0.328 e. The minimum absolute atomic E-state index is 0.0873. The van der Waals surface area contributed by atoms with Gasteiger partial charge < -0.3 is 4.74 Å². The van der Waals surface area contributed by atoms with Gasteiger partial charge in [-0.1, -0.05) is 23.4 Å². The molecule has 0 fully saturated rings. The Morgan fingerprint density at radius 1 is 1.15 bits per heavy atom. The van der Waals surface area contributed by atoms with Gasteiger partial charge in [-0.05, 0) is 39.0 Å². The average molecular weight is 364 g/mol. The first-order valence-corrected chi connectivity index (χ1v) is 8.49. The average Bonchev–Trinajstić information content (AvgIpc) is 3.04. The molecule has 0 N–H and O–H groups in total. The fourth-order valence-electron chi connectivity index (χ4n) is 2.67. The molecule has 0 unspecified atom stereocenters. The summed E-state index contributed by atoms with van der Waals surface area (Å²) >= 11 is 0. The van der Waals surface area contributed by atoms with Crippen LogP contribution < -0.4 is 0 Å². The van der Waals surface area contributed by atoms with Crippen molar-refractivity contribution in [3.8, 4) is 22.5 Å². The van der Waals surface area contributed by atoms with Gasteiger partial charge in [-0.2, -0.15) is 0 Å². The Balaban J connectivity index is 2.07. The van der Waals surface area contributed by atoms with E-state index >= 15 is 0 Å². The summed E-state index contributed by atoms with van der Waals surface area (Å²) in [5.41, 5.74) is 2.72.